The molecule has 0 spiro atoms. The molecule has 50 valence electrons. The molecule has 0 saturated heterocycles. The largest absolute Gasteiger partial charge is 0.495 e. The lowest BCUT2D eigenvalue weighted by Gasteiger charge is -1.99. The molecule has 0 atom stereocenters. The maximum Gasteiger partial charge on any atom is 0.132 e. The van der Waals surface area contributed by atoms with E-state index in [-0.39, 0.29) is 0 Å². The number of aliphatic imine (C=N–C) groups is 1. The van der Waals surface area contributed by atoms with Gasteiger partial charge in [-0.3, -0.25) is 4.99 Å². The van der Waals surface area contributed by atoms with Gasteiger partial charge in [0.25, 0.3) is 0 Å². The van der Waals surface area contributed by atoms with Gasteiger partial charge in [0.05, 0.1) is 12.8 Å². The maximum atomic E-state index is 4.79. The van der Waals surface area contributed by atoms with Crippen LogP contribution in [0.15, 0.2) is 30.1 Å². The average molecular weight is 125 g/mol. The van der Waals surface area contributed by atoms with E-state index in [2.05, 4.69) is 18.2 Å². The molecule has 0 aliphatic carbocycles. The van der Waals surface area contributed by atoms with Gasteiger partial charge in [-0.2, -0.15) is 0 Å². The van der Waals surface area contributed by atoms with Gasteiger partial charge in [0.15, 0.2) is 0 Å². The predicted molar refractivity (Wildman–Crippen MR) is 39.5 cm³/mol. The molecular formula is C7H11NO. The van der Waals surface area contributed by atoms with Crippen LogP contribution in [0.2, 0.25) is 0 Å². The Labute approximate surface area is 55.6 Å². The summed E-state index contributed by atoms with van der Waals surface area (Å²) < 4.78 is 4.79. The van der Waals surface area contributed by atoms with E-state index < -0.39 is 0 Å². The number of methoxy groups -OCH3 is 1. The number of hydrogen-bond donors (Lipinski definition) is 0. The summed E-state index contributed by atoms with van der Waals surface area (Å²) in [5, 5.41) is 0. The lowest BCUT2D eigenvalue weighted by atomic mass is 10.4. The van der Waals surface area contributed by atoms with E-state index in [0.29, 0.717) is 5.76 Å². The molecule has 0 aromatic carbocycles. The van der Waals surface area contributed by atoms with E-state index in [1.54, 1.807) is 7.11 Å². The van der Waals surface area contributed by atoms with Crippen molar-refractivity contribution in [3.63, 3.8) is 0 Å². The van der Waals surface area contributed by atoms with Crippen LogP contribution in [0, 0.1) is 0 Å². The second kappa shape index (κ2) is 3.89. The van der Waals surface area contributed by atoms with Crippen LogP contribution in [0.5, 0.6) is 0 Å². The molecule has 0 aromatic heterocycles. The van der Waals surface area contributed by atoms with Crippen LogP contribution >= 0.6 is 0 Å². The summed E-state index contributed by atoms with van der Waals surface area (Å²) in [6.07, 6.45) is 1.46. The average Bonchev–Trinajstić information content (AvgIpc) is 1.87. The summed E-state index contributed by atoms with van der Waals surface area (Å²) in [6.45, 7) is 8.84. The molecule has 0 aromatic rings. The molecule has 0 rings (SSSR count). The van der Waals surface area contributed by atoms with Gasteiger partial charge in [-0.1, -0.05) is 13.2 Å². The van der Waals surface area contributed by atoms with E-state index in [0.717, 1.165) is 5.71 Å². The SMILES string of the molecule is C=CN=C(C)C(=C)OC. The molecule has 2 nitrogen and oxygen atoms in total. The third kappa shape index (κ3) is 2.69. The summed E-state index contributed by atoms with van der Waals surface area (Å²) >= 11 is 0. The van der Waals surface area contributed by atoms with Gasteiger partial charge in [-0.05, 0) is 6.92 Å². The summed E-state index contributed by atoms with van der Waals surface area (Å²) in [5.74, 6) is 0.579. The smallest absolute Gasteiger partial charge is 0.132 e. The fourth-order valence-electron chi connectivity index (χ4n) is 0.357. The summed E-state index contributed by atoms with van der Waals surface area (Å²) in [5.41, 5.74) is 0.757. The van der Waals surface area contributed by atoms with Crippen molar-refractivity contribution in [2.24, 2.45) is 4.99 Å². The van der Waals surface area contributed by atoms with Crippen molar-refractivity contribution in [3.05, 3.63) is 25.1 Å². The topological polar surface area (TPSA) is 21.6 Å². The summed E-state index contributed by atoms with van der Waals surface area (Å²) in [4.78, 5) is 3.85. The van der Waals surface area contributed by atoms with Gasteiger partial charge in [-0.25, -0.2) is 0 Å². The van der Waals surface area contributed by atoms with Crippen LogP contribution in [0.3, 0.4) is 0 Å². The fourth-order valence-corrected chi connectivity index (χ4v) is 0.357. The van der Waals surface area contributed by atoms with Crippen LogP contribution in [0.4, 0.5) is 0 Å². The Balaban J connectivity index is 4.01. The molecule has 0 saturated carbocycles. The molecule has 0 amide bonds. The van der Waals surface area contributed by atoms with Gasteiger partial charge >= 0.3 is 0 Å². The highest BCUT2D eigenvalue weighted by Crippen LogP contribution is 1.94. The predicted octanol–water partition coefficient (Wildman–Crippen LogP) is 1.75. The van der Waals surface area contributed by atoms with Crippen molar-refractivity contribution in [2.75, 3.05) is 7.11 Å². The van der Waals surface area contributed by atoms with E-state index in [1.807, 2.05) is 6.92 Å². The second-order valence-corrected chi connectivity index (χ2v) is 1.52. The molecule has 0 bridgehead atoms. The second-order valence-electron chi connectivity index (χ2n) is 1.52. The van der Waals surface area contributed by atoms with Crippen molar-refractivity contribution in [3.8, 4) is 0 Å². The van der Waals surface area contributed by atoms with E-state index in [1.165, 1.54) is 6.20 Å². The first kappa shape index (κ1) is 7.95. The van der Waals surface area contributed by atoms with Gasteiger partial charge in [0.1, 0.15) is 5.76 Å². The van der Waals surface area contributed by atoms with Crippen LogP contribution < -0.4 is 0 Å². The number of ether oxygens (including phenoxy) is 1. The summed E-state index contributed by atoms with van der Waals surface area (Å²) in [7, 11) is 1.56. The lowest BCUT2D eigenvalue weighted by molar-refractivity contribution is 0.316. The number of allylic oxidation sites excluding steroid dienone is 1. The normalized spacial score (nSPS) is 10.7. The number of nitrogens with zero attached hydrogens (tertiary/aromatic N) is 1. The molecule has 9 heavy (non-hydrogen) atoms. The van der Waals surface area contributed by atoms with Crippen molar-refractivity contribution < 1.29 is 4.74 Å². The minimum absolute atomic E-state index is 0.579. The number of hydrogen-bond acceptors (Lipinski definition) is 2. The van der Waals surface area contributed by atoms with Gasteiger partial charge in [0.2, 0.25) is 0 Å². The Bertz CT molecular complexity index is 147. The van der Waals surface area contributed by atoms with Crippen molar-refractivity contribution in [2.45, 2.75) is 6.92 Å². The molecule has 0 N–H and O–H groups in total. The maximum absolute atomic E-state index is 4.79. The Hall–Kier alpha value is -1.05. The number of rotatable bonds is 3. The third-order valence-electron chi connectivity index (χ3n) is 0.935. The first-order valence-electron chi connectivity index (χ1n) is 2.61. The molecule has 0 aliphatic heterocycles. The fraction of sp³-hybridized carbons (Fsp3) is 0.286. The summed E-state index contributed by atoms with van der Waals surface area (Å²) in [6, 6.07) is 0. The zero-order valence-corrected chi connectivity index (χ0v) is 5.85. The molecule has 0 unspecified atom stereocenters. The van der Waals surface area contributed by atoms with Gasteiger partial charge < -0.3 is 4.74 Å². The van der Waals surface area contributed by atoms with Crippen molar-refractivity contribution >= 4 is 5.71 Å². The van der Waals surface area contributed by atoms with Crippen molar-refractivity contribution in [1.82, 2.24) is 0 Å². The van der Waals surface area contributed by atoms with E-state index in [4.69, 9.17) is 4.74 Å². The molecule has 0 radical (unpaired) electrons. The quantitative estimate of drug-likeness (QED) is 0.416. The molecule has 2 heteroatoms. The molecular weight excluding hydrogens is 114 g/mol. The highest BCUT2D eigenvalue weighted by atomic mass is 16.5. The van der Waals surface area contributed by atoms with Crippen LogP contribution in [-0.2, 0) is 4.74 Å². The zero-order chi connectivity index (χ0) is 7.28. The first-order valence-corrected chi connectivity index (χ1v) is 2.61. The monoisotopic (exact) mass is 125 g/mol. The van der Waals surface area contributed by atoms with Gasteiger partial charge in [0, 0.05) is 6.20 Å². The van der Waals surface area contributed by atoms with E-state index >= 15 is 0 Å². The minimum Gasteiger partial charge on any atom is -0.495 e. The Morgan fingerprint density at radius 2 is 2.22 bits per heavy atom. The first-order chi connectivity index (χ1) is 4.22. The van der Waals surface area contributed by atoms with Crippen LogP contribution in [0.25, 0.3) is 0 Å². The third-order valence-corrected chi connectivity index (χ3v) is 0.935. The Morgan fingerprint density at radius 3 is 2.56 bits per heavy atom. The highest BCUT2D eigenvalue weighted by molar-refractivity contribution is 5.96. The molecule has 0 heterocycles. The lowest BCUT2D eigenvalue weighted by Crippen LogP contribution is -1.96. The molecule has 0 fully saturated rings. The Kier molecular flexibility index (Phi) is 3.44. The zero-order valence-electron chi connectivity index (χ0n) is 5.85. The van der Waals surface area contributed by atoms with Gasteiger partial charge in [-0.15, -0.1) is 0 Å². The highest BCUT2D eigenvalue weighted by Gasteiger charge is 1.92. The van der Waals surface area contributed by atoms with Crippen LogP contribution in [-0.4, -0.2) is 12.8 Å². The van der Waals surface area contributed by atoms with E-state index in [9.17, 15) is 0 Å². The minimum atomic E-state index is 0.579. The molecule has 0 aliphatic rings. The van der Waals surface area contributed by atoms with Crippen molar-refractivity contribution in [1.29, 1.82) is 0 Å². The Morgan fingerprint density at radius 1 is 1.67 bits per heavy atom. The standard InChI is InChI=1S/C7H11NO/c1-5-8-6(2)7(3)9-4/h5H,1,3H2,2,4H3. The van der Waals surface area contributed by atoms with Crippen LogP contribution in [0.1, 0.15) is 6.92 Å².